The highest BCUT2D eigenvalue weighted by atomic mass is 32.2. The van der Waals surface area contributed by atoms with Crippen LogP contribution in [-0.2, 0) is 21.2 Å². The van der Waals surface area contributed by atoms with Crippen LogP contribution in [0.5, 0.6) is 17.2 Å². The number of hydrogen-bond acceptors (Lipinski definition) is 7. The number of carbonyl (C=O) groups excluding carboxylic acids is 1. The van der Waals surface area contributed by atoms with Crippen molar-refractivity contribution in [2.75, 3.05) is 49.4 Å². The monoisotopic (exact) mass is 525 g/mol. The van der Waals surface area contributed by atoms with E-state index in [1.807, 2.05) is 0 Å². The highest BCUT2D eigenvalue weighted by Gasteiger charge is 2.25. The molecular formula is C27H31N3O6S. The second-order valence-corrected chi connectivity index (χ2v) is 10.3. The van der Waals surface area contributed by atoms with Crippen LogP contribution >= 0.6 is 0 Å². The Bertz CT molecular complexity index is 1350. The molecule has 196 valence electrons. The minimum atomic E-state index is -3.95. The summed E-state index contributed by atoms with van der Waals surface area (Å²) in [7, 11) is 0.679. The lowest BCUT2D eigenvalue weighted by molar-refractivity contribution is -0.115. The number of amides is 1. The Kier molecular flexibility index (Phi) is 8.08. The smallest absolute Gasteiger partial charge is 0.264 e. The van der Waals surface area contributed by atoms with Gasteiger partial charge in [-0.2, -0.15) is 0 Å². The molecule has 3 aromatic carbocycles. The van der Waals surface area contributed by atoms with Crippen molar-refractivity contribution in [1.29, 1.82) is 0 Å². The lowest BCUT2D eigenvalue weighted by atomic mass is 10.1. The van der Waals surface area contributed by atoms with Crippen molar-refractivity contribution in [2.45, 2.75) is 24.2 Å². The predicted octanol–water partition coefficient (Wildman–Crippen LogP) is 4.29. The van der Waals surface area contributed by atoms with Crippen molar-refractivity contribution in [2.24, 2.45) is 0 Å². The van der Waals surface area contributed by atoms with Crippen LogP contribution in [0.1, 0.15) is 18.4 Å². The normalized spacial score (nSPS) is 13.2. The molecule has 1 fully saturated rings. The van der Waals surface area contributed by atoms with Gasteiger partial charge in [0.25, 0.3) is 10.0 Å². The first-order chi connectivity index (χ1) is 17.8. The van der Waals surface area contributed by atoms with Gasteiger partial charge in [0, 0.05) is 24.5 Å². The van der Waals surface area contributed by atoms with Crippen molar-refractivity contribution >= 4 is 33.0 Å². The first-order valence-electron chi connectivity index (χ1n) is 11.9. The molecule has 1 heterocycles. The SMILES string of the molecule is COc1ccc(NS(=O)(=O)c2cc(NC(=O)Cc3ccc(OC)c(OC)c3)ccc2N2CCCC2)cc1. The molecule has 2 N–H and O–H groups in total. The number of hydrogen-bond donors (Lipinski definition) is 2. The van der Waals surface area contributed by atoms with E-state index in [0.717, 1.165) is 31.5 Å². The average molecular weight is 526 g/mol. The van der Waals surface area contributed by atoms with Crippen LogP contribution in [0.2, 0.25) is 0 Å². The van der Waals surface area contributed by atoms with Crippen molar-refractivity contribution in [3.63, 3.8) is 0 Å². The molecule has 0 aromatic heterocycles. The zero-order valence-electron chi connectivity index (χ0n) is 21.1. The molecule has 0 atom stereocenters. The van der Waals surface area contributed by atoms with Crippen LogP contribution in [-0.4, -0.2) is 48.7 Å². The van der Waals surface area contributed by atoms with Gasteiger partial charge in [-0.1, -0.05) is 6.07 Å². The van der Waals surface area contributed by atoms with Crippen molar-refractivity contribution in [3.8, 4) is 17.2 Å². The first-order valence-corrected chi connectivity index (χ1v) is 13.4. The minimum absolute atomic E-state index is 0.0837. The van der Waals surface area contributed by atoms with Crippen molar-refractivity contribution < 1.29 is 27.4 Å². The molecule has 3 aromatic rings. The Morgan fingerprint density at radius 1 is 0.838 bits per heavy atom. The Balaban J connectivity index is 1.58. The van der Waals surface area contributed by atoms with E-state index in [9.17, 15) is 13.2 Å². The second kappa shape index (κ2) is 11.4. The topological polar surface area (TPSA) is 106 Å². The summed E-state index contributed by atoms with van der Waals surface area (Å²) < 4.78 is 45.3. The quantitative estimate of drug-likeness (QED) is 0.407. The molecule has 9 nitrogen and oxygen atoms in total. The molecule has 0 aliphatic carbocycles. The van der Waals surface area contributed by atoms with Gasteiger partial charge in [0.05, 0.1) is 33.4 Å². The number of anilines is 3. The van der Waals surface area contributed by atoms with Gasteiger partial charge in [-0.05, 0) is 73.0 Å². The molecule has 37 heavy (non-hydrogen) atoms. The van der Waals surface area contributed by atoms with Gasteiger partial charge in [-0.15, -0.1) is 0 Å². The van der Waals surface area contributed by atoms with Crippen molar-refractivity contribution in [1.82, 2.24) is 0 Å². The lowest BCUT2D eigenvalue weighted by Crippen LogP contribution is -2.23. The molecule has 0 unspecified atom stereocenters. The van der Waals surface area contributed by atoms with E-state index in [1.165, 1.54) is 13.2 Å². The van der Waals surface area contributed by atoms with Crippen LogP contribution < -0.4 is 29.1 Å². The highest BCUT2D eigenvalue weighted by Crippen LogP contribution is 2.33. The summed E-state index contributed by atoms with van der Waals surface area (Å²) in [6.45, 7) is 1.55. The molecule has 0 radical (unpaired) electrons. The Hall–Kier alpha value is -3.92. The fourth-order valence-corrected chi connectivity index (χ4v) is 5.59. The Labute approximate surface area is 217 Å². The molecule has 0 spiro atoms. The van der Waals surface area contributed by atoms with Gasteiger partial charge in [0.15, 0.2) is 11.5 Å². The van der Waals surface area contributed by atoms with Crippen LogP contribution in [0.3, 0.4) is 0 Å². The third-order valence-electron chi connectivity index (χ3n) is 6.13. The molecule has 1 saturated heterocycles. The summed E-state index contributed by atoms with van der Waals surface area (Å²) in [5, 5.41) is 2.83. The second-order valence-electron chi connectivity index (χ2n) is 8.62. The summed E-state index contributed by atoms with van der Waals surface area (Å²) in [6.07, 6.45) is 2.07. The average Bonchev–Trinajstić information content (AvgIpc) is 3.43. The highest BCUT2D eigenvalue weighted by molar-refractivity contribution is 7.92. The van der Waals surface area contributed by atoms with Crippen molar-refractivity contribution in [3.05, 3.63) is 66.2 Å². The summed E-state index contributed by atoms with van der Waals surface area (Å²) in [4.78, 5) is 15.0. The summed E-state index contributed by atoms with van der Waals surface area (Å²) >= 11 is 0. The third kappa shape index (κ3) is 6.26. The van der Waals surface area contributed by atoms with E-state index in [-0.39, 0.29) is 17.2 Å². The van der Waals surface area contributed by atoms with E-state index in [4.69, 9.17) is 14.2 Å². The fourth-order valence-electron chi connectivity index (χ4n) is 4.28. The number of carbonyl (C=O) groups is 1. The number of methoxy groups -OCH3 is 3. The summed E-state index contributed by atoms with van der Waals surface area (Å²) in [5.41, 5.74) is 2.15. The minimum Gasteiger partial charge on any atom is -0.497 e. The van der Waals surface area contributed by atoms with E-state index in [1.54, 1.807) is 68.8 Å². The van der Waals surface area contributed by atoms with E-state index in [0.29, 0.717) is 34.3 Å². The molecule has 10 heteroatoms. The molecular weight excluding hydrogens is 494 g/mol. The van der Waals surface area contributed by atoms with Crippen LogP contribution in [0.4, 0.5) is 17.1 Å². The van der Waals surface area contributed by atoms with Gasteiger partial charge in [-0.25, -0.2) is 8.42 Å². The standard InChI is InChI=1S/C27H31N3O6S/c1-34-22-10-7-20(8-11-22)29-37(32,33)26-18-21(9-12-23(26)30-14-4-5-15-30)28-27(31)17-19-6-13-24(35-2)25(16-19)36-3/h6-13,16,18,29H,4-5,14-15,17H2,1-3H3,(H,28,31). The molecule has 0 bridgehead atoms. The zero-order chi connectivity index (χ0) is 26.4. The van der Waals surface area contributed by atoms with E-state index in [2.05, 4.69) is 14.9 Å². The summed E-state index contributed by atoms with van der Waals surface area (Å²) in [6, 6.07) is 16.9. The fraction of sp³-hybridized carbons (Fsp3) is 0.296. The number of ether oxygens (including phenoxy) is 3. The molecule has 1 amide bonds. The van der Waals surface area contributed by atoms with Gasteiger partial charge in [0.1, 0.15) is 10.6 Å². The first kappa shape index (κ1) is 26.2. The lowest BCUT2D eigenvalue weighted by Gasteiger charge is -2.22. The van der Waals surface area contributed by atoms with Crippen LogP contribution in [0.25, 0.3) is 0 Å². The molecule has 4 rings (SSSR count). The van der Waals surface area contributed by atoms with Crippen LogP contribution in [0, 0.1) is 0 Å². The largest absolute Gasteiger partial charge is 0.497 e. The number of rotatable bonds is 10. The number of sulfonamides is 1. The molecule has 0 saturated carbocycles. The van der Waals surface area contributed by atoms with E-state index >= 15 is 0 Å². The Morgan fingerprint density at radius 3 is 2.16 bits per heavy atom. The maximum absolute atomic E-state index is 13.5. The molecule has 1 aliphatic heterocycles. The van der Waals surface area contributed by atoms with Crippen LogP contribution in [0.15, 0.2) is 65.6 Å². The number of benzene rings is 3. The molecule has 1 aliphatic rings. The van der Waals surface area contributed by atoms with Gasteiger partial charge >= 0.3 is 0 Å². The number of nitrogens with one attached hydrogen (secondary N) is 2. The van der Waals surface area contributed by atoms with E-state index < -0.39 is 10.0 Å². The van der Waals surface area contributed by atoms with Gasteiger partial charge in [-0.3, -0.25) is 9.52 Å². The van der Waals surface area contributed by atoms with Gasteiger partial charge in [0.2, 0.25) is 5.91 Å². The maximum Gasteiger partial charge on any atom is 0.264 e. The summed E-state index contributed by atoms with van der Waals surface area (Å²) in [5.74, 6) is 1.44. The third-order valence-corrected chi connectivity index (χ3v) is 7.55. The Morgan fingerprint density at radius 2 is 1.51 bits per heavy atom. The van der Waals surface area contributed by atoms with Gasteiger partial charge < -0.3 is 24.4 Å². The number of nitrogens with zero attached hydrogens (tertiary/aromatic N) is 1. The predicted molar refractivity (Wildman–Crippen MR) is 144 cm³/mol. The zero-order valence-corrected chi connectivity index (χ0v) is 21.9. The maximum atomic E-state index is 13.5.